The zero-order chi connectivity index (χ0) is 15.1. The van der Waals surface area contributed by atoms with Crippen LogP contribution in [0.2, 0.25) is 15.1 Å². The second kappa shape index (κ2) is 5.34. The second-order valence-corrected chi connectivity index (χ2v) is 5.92. The zero-order valence-electron chi connectivity index (χ0n) is 10.5. The summed E-state index contributed by atoms with van der Waals surface area (Å²) in [4.78, 5) is 24.0. The third-order valence-electron chi connectivity index (χ3n) is 3.24. The molecule has 3 nitrogen and oxygen atoms in total. The molecule has 1 aliphatic rings. The molecular weight excluding hydrogens is 333 g/mol. The number of anilines is 1. The molecular formula is C15H8Cl3NO2. The summed E-state index contributed by atoms with van der Waals surface area (Å²) in [6.07, 6.45) is 0.232. The highest BCUT2D eigenvalue weighted by Crippen LogP contribution is 2.32. The van der Waals surface area contributed by atoms with Crippen LogP contribution in [-0.4, -0.2) is 11.7 Å². The van der Waals surface area contributed by atoms with Gasteiger partial charge in [0.25, 0.3) is 0 Å². The lowest BCUT2D eigenvalue weighted by molar-refractivity contribution is -0.115. The van der Waals surface area contributed by atoms with E-state index in [0.29, 0.717) is 21.3 Å². The SMILES string of the molecule is O=C1Cc2cc(C(=O)c3cc(Cl)ccc3Cl)c(Cl)cc2N1. The molecule has 0 aliphatic carbocycles. The van der Waals surface area contributed by atoms with Crippen LogP contribution >= 0.6 is 34.8 Å². The molecule has 0 aromatic heterocycles. The topological polar surface area (TPSA) is 46.2 Å². The van der Waals surface area contributed by atoms with Crippen molar-refractivity contribution in [3.63, 3.8) is 0 Å². The molecule has 1 heterocycles. The second-order valence-electron chi connectivity index (χ2n) is 4.67. The summed E-state index contributed by atoms with van der Waals surface area (Å²) in [6, 6.07) is 7.86. The standard InChI is InChI=1S/C15H8Cl3NO2/c16-8-1-2-11(17)10(5-8)15(21)9-3-7-4-14(20)19-13(7)6-12(9)18/h1-3,5-6H,4H2,(H,19,20). The minimum atomic E-state index is -0.324. The lowest BCUT2D eigenvalue weighted by Gasteiger charge is -2.08. The molecule has 21 heavy (non-hydrogen) atoms. The van der Waals surface area contributed by atoms with Crippen LogP contribution in [0.5, 0.6) is 0 Å². The molecule has 3 rings (SSSR count). The molecule has 0 radical (unpaired) electrons. The summed E-state index contributed by atoms with van der Waals surface area (Å²) in [6.45, 7) is 0. The monoisotopic (exact) mass is 339 g/mol. The minimum absolute atomic E-state index is 0.119. The van der Waals surface area contributed by atoms with Gasteiger partial charge in [0.1, 0.15) is 0 Å². The summed E-state index contributed by atoms with van der Waals surface area (Å²) in [5.74, 6) is -0.443. The maximum absolute atomic E-state index is 12.6. The molecule has 6 heteroatoms. The Hall–Kier alpha value is -1.55. The molecule has 106 valence electrons. The van der Waals surface area contributed by atoms with Crippen LogP contribution in [0.1, 0.15) is 21.5 Å². The van der Waals surface area contributed by atoms with E-state index in [2.05, 4.69) is 5.32 Å². The number of halogens is 3. The number of hydrogen-bond donors (Lipinski definition) is 1. The Morgan fingerprint density at radius 3 is 2.48 bits per heavy atom. The fraction of sp³-hybridized carbons (Fsp3) is 0.0667. The number of hydrogen-bond acceptors (Lipinski definition) is 2. The van der Waals surface area contributed by atoms with Crippen LogP contribution in [0.3, 0.4) is 0 Å². The molecule has 0 saturated carbocycles. The van der Waals surface area contributed by atoms with E-state index in [1.54, 1.807) is 24.3 Å². The number of nitrogens with one attached hydrogen (secondary N) is 1. The molecule has 2 aromatic rings. The number of carbonyl (C=O) groups is 2. The van der Waals surface area contributed by atoms with Gasteiger partial charge in [-0.3, -0.25) is 9.59 Å². The van der Waals surface area contributed by atoms with Crippen molar-refractivity contribution in [3.8, 4) is 0 Å². The molecule has 2 aromatic carbocycles. The van der Waals surface area contributed by atoms with Gasteiger partial charge in [-0.2, -0.15) is 0 Å². The Balaban J connectivity index is 2.09. The number of amides is 1. The number of ketones is 1. The largest absolute Gasteiger partial charge is 0.325 e. The highest BCUT2D eigenvalue weighted by Gasteiger charge is 2.23. The van der Waals surface area contributed by atoms with Crippen LogP contribution in [0.25, 0.3) is 0 Å². The van der Waals surface area contributed by atoms with Crippen LogP contribution in [0, 0.1) is 0 Å². The Labute approximate surface area is 135 Å². The molecule has 1 amide bonds. The van der Waals surface area contributed by atoms with E-state index in [1.807, 2.05) is 0 Å². The fourth-order valence-corrected chi connectivity index (χ4v) is 2.86. The van der Waals surface area contributed by atoms with Crippen molar-refractivity contribution in [2.24, 2.45) is 0 Å². The number of rotatable bonds is 2. The lowest BCUT2D eigenvalue weighted by atomic mass is 10.00. The van der Waals surface area contributed by atoms with E-state index in [0.717, 1.165) is 5.56 Å². The Bertz CT molecular complexity index is 787. The van der Waals surface area contributed by atoms with Gasteiger partial charge < -0.3 is 5.32 Å². The van der Waals surface area contributed by atoms with Gasteiger partial charge in [0, 0.05) is 21.8 Å². The fourth-order valence-electron chi connectivity index (χ4n) is 2.24. The summed E-state index contributed by atoms with van der Waals surface area (Å²) < 4.78 is 0. The summed E-state index contributed by atoms with van der Waals surface area (Å²) in [5, 5.41) is 3.66. The van der Waals surface area contributed by atoms with Crippen molar-refractivity contribution in [1.82, 2.24) is 0 Å². The van der Waals surface area contributed by atoms with E-state index in [1.165, 1.54) is 6.07 Å². The van der Waals surface area contributed by atoms with Crippen LogP contribution in [0.15, 0.2) is 30.3 Å². The van der Waals surface area contributed by atoms with Gasteiger partial charge in [0.2, 0.25) is 5.91 Å². The van der Waals surface area contributed by atoms with Gasteiger partial charge in [-0.15, -0.1) is 0 Å². The van der Waals surface area contributed by atoms with Crippen molar-refractivity contribution in [1.29, 1.82) is 0 Å². The molecule has 0 bridgehead atoms. The van der Waals surface area contributed by atoms with Crippen molar-refractivity contribution in [2.75, 3.05) is 5.32 Å². The first kappa shape index (κ1) is 14.4. The normalized spacial score (nSPS) is 13.0. The predicted octanol–water partition coefficient (Wildman–Crippen LogP) is 4.37. The van der Waals surface area contributed by atoms with Crippen molar-refractivity contribution >= 4 is 52.2 Å². The van der Waals surface area contributed by atoms with Crippen LogP contribution in [-0.2, 0) is 11.2 Å². The van der Waals surface area contributed by atoms with E-state index in [9.17, 15) is 9.59 Å². The maximum Gasteiger partial charge on any atom is 0.228 e. The van der Waals surface area contributed by atoms with E-state index >= 15 is 0 Å². The maximum atomic E-state index is 12.6. The third kappa shape index (κ3) is 2.64. The third-order valence-corrected chi connectivity index (χ3v) is 4.11. The number of carbonyl (C=O) groups excluding carboxylic acids is 2. The molecule has 1 N–H and O–H groups in total. The Morgan fingerprint density at radius 2 is 1.71 bits per heavy atom. The first-order chi connectivity index (χ1) is 9.95. The smallest absolute Gasteiger partial charge is 0.228 e. The quantitative estimate of drug-likeness (QED) is 0.825. The molecule has 1 aliphatic heterocycles. The first-order valence-electron chi connectivity index (χ1n) is 6.08. The molecule has 0 saturated heterocycles. The predicted molar refractivity (Wildman–Crippen MR) is 83.7 cm³/mol. The van der Waals surface area contributed by atoms with Gasteiger partial charge in [-0.1, -0.05) is 34.8 Å². The van der Waals surface area contributed by atoms with E-state index in [4.69, 9.17) is 34.8 Å². The average molecular weight is 341 g/mol. The van der Waals surface area contributed by atoms with Gasteiger partial charge >= 0.3 is 0 Å². The highest BCUT2D eigenvalue weighted by molar-refractivity contribution is 6.39. The van der Waals surface area contributed by atoms with Gasteiger partial charge in [-0.25, -0.2) is 0 Å². The summed E-state index contributed by atoms with van der Waals surface area (Å²) in [7, 11) is 0. The highest BCUT2D eigenvalue weighted by atomic mass is 35.5. The molecule has 0 spiro atoms. The molecule has 0 fully saturated rings. The lowest BCUT2D eigenvalue weighted by Crippen LogP contribution is -2.04. The van der Waals surface area contributed by atoms with E-state index < -0.39 is 0 Å². The number of benzene rings is 2. The van der Waals surface area contributed by atoms with Gasteiger partial charge in [-0.05, 0) is 35.9 Å². The number of fused-ring (bicyclic) bond motifs is 1. The first-order valence-corrected chi connectivity index (χ1v) is 7.21. The van der Waals surface area contributed by atoms with Gasteiger partial charge in [0.05, 0.1) is 16.5 Å². The Morgan fingerprint density at radius 1 is 1.00 bits per heavy atom. The van der Waals surface area contributed by atoms with Crippen molar-refractivity contribution < 1.29 is 9.59 Å². The zero-order valence-corrected chi connectivity index (χ0v) is 12.8. The van der Waals surface area contributed by atoms with Crippen molar-refractivity contribution in [2.45, 2.75) is 6.42 Å². The summed E-state index contributed by atoms with van der Waals surface area (Å²) in [5.41, 5.74) is 1.96. The van der Waals surface area contributed by atoms with Crippen molar-refractivity contribution in [3.05, 3.63) is 62.1 Å². The van der Waals surface area contributed by atoms with Crippen LogP contribution < -0.4 is 5.32 Å². The van der Waals surface area contributed by atoms with Crippen LogP contribution in [0.4, 0.5) is 5.69 Å². The molecule has 0 unspecified atom stereocenters. The molecule has 0 atom stereocenters. The Kier molecular flexibility index (Phi) is 3.66. The van der Waals surface area contributed by atoms with E-state index in [-0.39, 0.29) is 28.7 Å². The average Bonchev–Trinajstić information content (AvgIpc) is 2.79. The minimum Gasteiger partial charge on any atom is -0.325 e. The van der Waals surface area contributed by atoms with Gasteiger partial charge in [0.15, 0.2) is 5.78 Å². The summed E-state index contributed by atoms with van der Waals surface area (Å²) >= 11 is 18.1.